The lowest BCUT2D eigenvalue weighted by atomic mass is 10.0. The minimum absolute atomic E-state index is 0.155. The number of benzene rings is 2. The van der Waals surface area contributed by atoms with Crippen LogP contribution < -0.4 is 11.1 Å². The molecule has 10 heteroatoms. The largest absolute Gasteiger partial charge is 0.366 e. The fraction of sp³-hybridized carbons (Fsp3) is 0.0385. The molecule has 3 N–H and O–H groups in total. The molecule has 0 saturated heterocycles. The fourth-order valence-corrected chi connectivity index (χ4v) is 4.08. The highest BCUT2D eigenvalue weighted by molar-refractivity contribution is 6.13. The van der Waals surface area contributed by atoms with Crippen LogP contribution in [-0.2, 0) is 6.54 Å². The van der Waals surface area contributed by atoms with Crippen molar-refractivity contribution in [2.75, 3.05) is 11.1 Å². The summed E-state index contributed by atoms with van der Waals surface area (Å²) in [7, 11) is 0. The van der Waals surface area contributed by atoms with E-state index in [2.05, 4.69) is 25.5 Å². The molecule has 0 aliphatic rings. The molecular formula is C26H19FN8O. The molecule has 176 valence electrons. The SMILES string of the molecule is Nc1nc2cc(-c3cc(C(=O)Nc4cnn(Cc5ccccc5)c4)c4cc(F)ccc4n3)ccn2n1. The Bertz CT molecular complexity index is 1740. The zero-order valence-corrected chi connectivity index (χ0v) is 18.8. The van der Waals surface area contributed by atoms with Crippen molar-refractivity contribution in [3.05, 3.63) is 102 Å². The number of rotatable bonds is 5. The van der Waals surface area contributed by atoms with E-state index in [0.717, 1.165) is 5.56 Å². The normalized spacial score (nSPS) is 11.2. The van der Waals surface area contributed by atoms with E-state index in [1.165, 1.54) is 12.1 Å². The maximum atomic E-state index is 14.1. The molecule has 0 aliphatic heterocycles. The lowest BCUT2D eigenvalue weighted by molar-refractivity contribution is 0.102. The third-order valence-electron chi connectivity index (χ3n) is 5.74. The number of amides is 1. The number of anilines is 2. The van der Waals surface area contributed by atoms with Crippen LogP contribution in [0.2, 0.25) is 0 Å². The first-order valence-corrected chi connectivity index (χ1v) is 11.1. The highest BCUT2D eigenvalue weighted by Gasteiger charge is 2.16. The van der Waals surface area contributed by atoms with Crippen molar-refractivity contribution in [3.8, 4) is 11.3 Å². The van der Waals surface area contributed by atoms with Gasteiger partial charge in [0.2, 0.25) is 5.95 Å². The molecular weight excluding hydrogens is 459 g/mol. The molecule has 0 spiro atoms. The standard InChI is InChI=1S/C26H19FN8O/c27-18-6-7-22-20(11-18)21(12-23(31-22)17-8-9-35-24(10-17)32-26(28)33-35)25(36)30-19-13-29-34(15-19)14-16-4-2-1-3-5-16/h1-13,15H,14H2,(H2,28,33)(H,30,36). The molecule has 0 bridgehead atoms. The number of fused-ring (bicyclic) bond motifs is 2. The minimum Gasteiger partial charge on any atom is -0.366 e. The summed E-state index contributed by atoms with van der Waals surface area (Å²) in [4.78, 5) is 22.2. The summed E-state index contributed by atoms with van der Waals surface area (Å²) >= 11 is 0. The number of hydrogen-bond acceptors (Lipinski definition) is 6. The third-order valence-corrected chi connectivity index (χ3v) is 5.74. The van der Waals surface area contributed by atoms with Crippen molar-refractivity contribution in [1.29, 1.82) is 0 Å². The first-order valence-electron chi connectivity index (χ1n) is 11.1. The zero-order valence-electron chi connectivity index (χ0n) is 18.8. The summed E-state index contributed by atoms with van der Waals surface area (Å²) in [5, 5.41) is 11.7. The number of carbonyl (C=O) groups is 1. The van der Waals surface area contributed by atoms with Crippen molar-refractivity contribution in [2.24, 2.45) is 0 Å². The van der Waals surface area contributed by atoms with Crippen LogP contribution in [0.5, 0.6) is 0 Å². The second-order valence-corrected chi connectivity index (χ2v) is 8.27. The molecule has 0 unspecified atom stereocenters. The zero-order chi connectivity index (χ0) is 24.6. The van der Waals surface area contributed by atoms with Crippen LogP contribution in [0.1, 0.15) is 15.9 Å². The van der Waals surface area contributed by atoms with E-state index in [9.17, 15) is 9.18 Å². The van der Waals surface area contributed by atoms with Gasteiger partial charge in [-0.25, -0.2) is 13.9 Å². The smallest absolute Gasteiger partial charge is 0.256 e. The van der Waals surface area contributed by atoms with E-state index in [1.54, 1.807) is 52.1 Å². The Labute approximate surface area is 204 Å². The predicted molar refractivity (Wildman–Crippen MR) is 134 cm³/mol. The van der Waals surface area contributed by atoms with Gasteiger partial charge in [-0.05, 0) is 42.0 Å². The van der Waals surface area contributed by atoms with Crippen LogP contribution in [0.3, 0.4) is 0 Å². The number of aromatic nitrogens is 6. The molecule has 0 saturated carbocycles. The van der Waals surface area contributed by atoms with Gasteiger partial charge in [-0.2, -0.15) is 10.1 Å². The Balaban J connectivity index is 1.35. The van der Waals surface area contributed by atoms with E-state index < -0.39 is 11.7 Å². The molecule has 1 amide bonds. The van der Waals surface area contributed by atoms with Gasteiger partial charge in [0.15, 0.2) is 5.65 Å². The summed E-state index contributed by atoms with van der Waals surface area (Å²) in [6.07, 6.45) is 5.04. The Morgan fingerprint density at radius 2 is 1.89 bits per heavy atom. The Hall–Kier alpha value is -5.12. The molecule has 4 aromatic heterocycles. The summed E-state index contributed by atoms with van der Waals surface area (Å²) in [5.74, 6) is -0.703. The van der Waals surface area contributed by atoms with Gasteiger partial charge in [-0.1, -0.05) is 30.3 Å². The lowest BCUT2D eigenvalue weighted by Gasteiger charge is -2.10. The molecule has 0 aliphatic carbocycles. The lowest BCUT2D eigenvalue weighted by Crippen LogP contribution is -2.13. The monoisotopic (exact) mass is 478 g/mol. The van der Waals surface area contributed by atoms with Gasteiger partial charge in [-0.3, -0.25) is 9.48 Å². The molecule has 0 radical (unpaired) electrons. The highest BCUT2D eigenvalue weighted by atomic mass is 19.1. The van der Waals surface area contributed by atoms with Gasteiger partial charge in [0.05, 0.1) is 35.2 Å². The number of pyridine rings is 2. The summed E-state index contributed by atoms with van der Waals surface area (Å²) in [6.45, 7) is 0.569. The fourth-order valence-electron chi connectivity index (χ4n) is 4.08. The number of halogens is 1. The molecule has 4 heterocycles. The highest BCUT2D eigenvalue weighted by Crippen LogP contribution is 2.27. The number of nitrogens with two attached hydrogens (primary N) is 1. The van der Waals surface area contributed by atoms with Crippen molar-refractivity contribution >= 4 is 34.1 Å². The summed E-state index contributed by atoms with van der Waals surface area (Å²) in [5.41, 5.74) is 9.87. The van der Waals surface area contributed by atoms with E-state index >= 15 is 0 Å². The maximum absolute atomic E-state index is 14.1. The van der Waals surface area contributed by atoms with Crippen molar-refractivity contribution in [1.82, 2.24) is 29.4 Å². The topological polar surface area (TPSA) is 116 Å². The Kier molecular flexibility index (Phi) is 5.11. The molecule has 2 aromatic carbocycles. The number of carbonyl (C=O) groups excluding carboxylic acids is 1. The van der Waals surface area contributed by atoms with E-state index in [1.807, 2.05) is 30.3 Å². The minimum atomic E-state index is -0.456. The second-order valence-electron chi connectivity index (χ2n) is 8.27. The van der Waals surface area contributed by atoms with Crippen molar-refractivity contribution < 1.29 is 9.18 Å². The first-order chi connectivity index (χ1) is 17.5. The van der Waals surface area contributed by atoms with Crippen molar-refractivity contribution in [3.63, 3.8) is 0 Å². The van der Waals surface area contributed by atoms with Crippen LogP contribution in [0.4, 0.5) is 16.0 Å². The summed E-state index contributed by atoms with van der Waals surface area (Å²) < 4.78 is 17.4. The Morgan fingerprint density at radius 1 is 1.03 bits per heavy atom. The van der Waals surface area contributed by atoms with Gasteiger partial charge < -0.3 is 11.1 Å². The van der Waals surface area contributed by atoms with Gasteiger partial charge >= 0.3 is 0 Å². The van der Waals surface area contributed by atoms with Gasteiger partial charge in [-0.15, -0.1) is 5.10 Å². The second kappa shape index (κ2) is 8.58. The van der Waals surface area contributed by atoms with Gasteiger partial charge in [0, 0.05) is 23.3 Å². The average molecular weight is 478 g/mol. The quantitative estimate of drug-likeness (QED) is 0.384. The maximum Gasteiger partial charge on any atom is 0.256 e. The van der Waals surface area contributed by atoms with Crippen LogP contribution >= 0.6 is 0 Å². The number of hydrogen-bond donors (Lipinski definition) is 2. The van der Waals surface area contributed by atoms with Crippen LogP contribution in [-0.4, -0.2) is 35.3 Å². The molecule has 6 aromatic rings. The van der Waals surface area contributed by atoms with Crippen LogP contribution in [0, 0.1) is 5.82 Å². The van der Waals surface area contributed by atoms with Crippen LogP contribution in [0.15, 0.2) is 85.3 Å². The number of nitrogens with zero attached hydrogens (tertiary/aromatic N) is 6. The summed E-state index contributed by atoms with van der Waals surface area (Å²) in [6, 6.07) is 19.3. The van der Waals surface area contributed by atoms with E-state index in [4.69, 9.17) is 5.73 Å². The van der Waals surface area contributed by atoms with Crippen molar-refractivity contribution in [2.45, 2.75) is 6.54 Å². The number of nitrogens with one attached hydrogen (secondary N) is 1. The molecule has 0 atom stereocenters. The molecule has 36 heavy (non-hydrogen) atoms. The first kappa shape index (κ1) is 21.4. The van der Waals surface area contributed by atoms with Crippen LogP contribution in [0.25, 0.3) is 27.8 Å². The van der Waals surface area contributed by atoms with Gasteiger partial charge in [0.1, 0.15) is 5.82 Å². The predicted octanol–water partition coefficient (Wildman–Crippen LogP) is 4.16. The third kappa shape index (κ3) is 4.11. The molecule has 9 nitrogen and oxygen atoms in total. The number of nitrogen functional groups attached to an aromatic ring is 1. The molecule has 0 fully saturated rings. The average Bonchev–Trinajstić information content (AvgIpc) is 3.48. The van der Waals surface area contributed by atoms with E-state index in [0.29, 0.717) is 40.0 Å². The van der Waals surface area contributed by atoms with E-state index in [-0.39, 0.29) is 11.5 Å². The molecule has 6 rings (SSSR count). The van der Waals surface area contributed by atoms with Gasteiger partial charge in [0.25, 0.3) is 5.91 Å². The Morgan fingerprint density at radius 3 is 2.75 bits per heavy atom.